The monoisotopic (exact) mass is 202 g/mol. The van der Waals surface area contributed by atoms with E-state index in [4.69, 9.17) is 5.73 Å². The molecule has 0 aliphatic carbocycles. The summed E-state index contributed by atoms with van der Waals surface area (Å²) in [5.41, 5.74) is 5.95. The van der Waals surface area contributed by atoms with Crippen molar-refractivity contribution in [3.63, 3.8) is 0 Å². The number of hydrogen-bond donors (Lipinski definition) is 2. The number of carbonyl (C=O) groups excluding carboxylic acids is 1. The number of para-hydroxylation sites is 1. The smallest absolute Gasteiger partial charge is 0.194 e. The quantitative estimate of drug-likeness (QED) is 0.714. The molecule has 0 aliphatic rings. The zero-order valence-corrected chi connectivity index (χ0v) is 7.97. The molecule has 4 nitrogen and oxygen atoms in total. The second kappa shape index (κ2) is 3.67. The fourth-order valence-electron chi connectivity index (χ4n) is 1.39. The number of aromatic hydroxyl groups is 1. The van der Waals surface area contributed by atoms with E-state index in [1.165, 1.54) is 6.07 Å². The molecule has 0 bridgehead atoms. The van der Waals surface area contributed by atoms with Crippen molar-refractivity contribution in [2.24, 2.45) is 5.73 Å². The summed E-state index contributed by atoms with van der Waals surface area (Å²) >= 11 is 0. The van der Waals surface area contributed by atoms with Crippen LogP contribution in [0.15, 0.2) is 30.3 Å². The van der Waals surface area contributed by atoms with E-state index in [-0.39, 0.29) is 23.8 Å². The van der Waals surface area contributed by atoms with Crippen LogP contribution in [0.4, 0.5) is 0 Å². The lowest BCUT2D eigenvalue weighted by molar-refractivity contribution is 0.0997. The highest BCUT2D eigenvalue weighted by Crippen LogP contribution is 2.22. The van der Waals surface area contributed by atoms with E-state index in [1.54, 1.807) is 18.2 Å². The zero-order chi connectivity index (χ0) is 10.8. The number of rotatable bonds is 2. The van der Waals surface area contributed by atoms with Crippen LogP contribution in [0.25, 0.3) is 10.9 Å². The molecule has 0 fully saturated rings. The minimum Gasteiger partial charge on any atom is -0.506 e. The number of ketones is 1. The van der Waals surface area contributed by atoms with Crippen molar-refractivity contribution >= 4 is 16.7 Å². The van der Waals surface area contributed by atoms with Crippen LogP contribution in [0.3, 0.4) is 0 Å². The summed E-state index contributed by atoms with van der Waals surface area (Å²) in [6.45, 7) is -0.0773. The summed E-state index contributed by atoms with van der Waals surface area (Å²) in [6, 6.07) is 8.43. The van der Waals surface area contributed by atoms with Gasteiger partial charge in [0.1, 0.15) is 17.0 Å². The molecule has 0 saturated carbocycles. The van der Waals surface area contributed by atoms with Crippen molar-refractivity contribution in [1.29, 1.82) is 0 Å². The Bertz CT molecular complexity index is 523. The number of hydrogen-bond acceptors (Lipinski definition) is 4. The molecule has 0 saturated heterocycles. The Morgan fingerprint density at radius 1 is 1.33 bits per heavy atom. The molecule has 15 heavy (non-hydrogen) atoms. The number of phenolic OH excluding ortho intramolecular Hbond substituents is 1. The molecular formula is C11H10N2O2. The molecular weight excluding hydrogens is 192 g/mol. The lowest BCUT2D eigenvalue weighted by Crippen LogP contribution is -2.14. The first-order valence-electron chi connectivity index (χ1n) is 4.54. The molecule has 0 radical (unpaired) electrons. The number of pyridine rings is 1. The molecule has 4 heteroatoms. The van der Waals surface area contributed by atoms with Gasteiger partial charge in [-0.25, -0.2) is 4.98 Å². The van der Waals surface area contributed by atoms with E-state index in [9.17, 15) is 9.90 Å². The second-order valence-corrected chi connectivity index (χ2v) is 3.17. The largest absolute Gasteiger partial charge is 0.506 e. The number of nitrogens with zero attached hydrogens (tertiary/aromatic N) is 1. The van der Waals surface area contributed by atoms with Gasteiger partial charge in [0.2, 0.25) is 0 Å². The summed E-state index contributed by atoms with van der Waals surface area (Å²) < 4.78 is 0. The maximum atomic E-state index is 11.3. The molecule has 2 aromatic rings. The molecule has 0 atom stereocenters. The van der Waals surface area contributed by atoms with Gasteiger partial charge < -0.3 is 10.8 Å². The van der Waals surface area contributed by atoms with Gasteiger partial charge >= 0.3 is 0 Å². The highest BCUT2D eigenvalue weighted by atomic mass is 16.3. The molecule has 1 heterocycles. The lowest BCUT2D eigenvalue weighted by Gasteiger charge is -2.02. The van der Waals surface area contributed by atoms with Crippen LogP contribution < -0.4 is 5.73 Å². The van der Waals surface area contributed by atoms with Crippen LogP contribution in [-0.4, -0.2) is 22.4 Å². The number of benzene rings is 1. The zero-order valence-electron chi connectivity index (χ0n) is 7.97. The third kappa shape index (κ3) is 1.67. The van der Waals surface area contributed by atoms with Crippen molar-refractivity contribution in [1.82, 2.24) is 4.98 Å². The molecule has 2 rings (SSSR count). The van der Waals surface area contributed by atoms with E-state index >= 15 is 0 Å². The van der Waals surface area contributed by atoms with E-state index in [1.807, 2.05) is 6.07 Å². The molecule has 1 aromatic heterocycles. The van der Waals surface area contributed by atoms with Crippen molar-refractivity contribution in [3.05, 3.63) is 36.0 Å². The average molecular weight is 202 g/mol. The minimum absolute atomic E-state index is 0.0687. The SMILES string of the molecule is NCC(=O)c1ccc2cccc(O)c2n1. The first-order valence-corrected chi connectivity index (χ1v) is 4.54. The first kappa shape index (κ1) is 9.61. The number of phenols is 1. The van der Waals surface area contributed by atoms with Gasteiger partial charge in [-0.15, -0.1) is 0 Å². The van der Waals surface area contributed by atoms with Crippen LogP contribution in [0.2, 0.25) is 0 Å². The minimum atomic E-state index is -0.236. The van der Waals surface area contributed by atoms with Crippen molar-refractivity contribution in [2.75, 3.05) is 6.54 Å². The lowest BCUT2D eigenvalue weighted by atomic mass is 10.1. The van der Waals surface area contributed by atoms with E-state index in [0.717, 1.165) is 5.39 Å². The van der Waals surface area contributed by atoms with Crippen LogP contribution >= 0.6 is 0 Å². The van der Waals surface area contributed by atoms with Crippen LogP contribution in [0, 0.1) is 0 Å². The van der Waals surface area contributed by atoms with Crippen LogP contribution in [0.1, 0.15) is 10.5 Å². The predicted molar refractivity (Wildman–Crippen MR) is 56.8 cm³/mol. The molecule has 0 aliphatic heterocycles. The summed E-state index contributed by atoms with van der Waals surface area (Å²) in [7, 11) is 0. The topological polar surface area (TPSA) is 76.2 Å². The Morgan fingerprint density at radius 2 is 2.13 bits per heavy atom. The Balaban J connectivity index is 2.64. The summed E-state index contributed by atoms with van der Waals surface area (Å²) in [5, 5.41) is 10.3. The molecule has 3 N–H and O–H groups in total. The molecule has 0 unspecified atom stereocenters. The normalized spacial score (nSPS) is 10.5. The highest BCUT2D eigenvalue weighted by molar-refractivity contribution is 5.98. The maximum Gasteiger partial charge on any atom is 0.194 e. The van der Waals surface area contributed by atoms with Gasteiger partial charge in [-0.2, -0.15) is 0 Å². The molecule has 0 amide bonds. The first-order chi connectivity index (χ1) is 7.22. The van der Waals surface area contributed by atoms with Gasteiger partial charge in [-0.3, -0.25) is 4.79 Å². The van der Waals surface area contributed by atoms with Gasteiger partial charge in [-0.05, 0) is 12.1 Å². The number of nitrogens with two attached hydrogens (primary N) is 1. The Kier molecular flexibility index (Phi) is 2.35. The predicted octanol–water partition coefficient (Wildman–Crippen LogP) is 1.08. The van der Waals surface area contributed by atoms with Crippen LogP contribution in [-0.2, 0) is 0 Å². The second-order valence-electron chi connectivity index (χ2n) is 3.17. The van der Waals surface area contributed by atoms with Crippen molar-refractivity contribution in [2.45, 2.75) is 0 Å². The van der Waals surface area contributed by atoms with Gasteiger partial charge in [0.15, 0.2) is 5.78 Å². The Labute approximate surface area is 86.4 Å². The number of aromatic nitrogens is 1. The number of Topliss-reactive ketones (excluding diaryl/α,β-unsaturated/α-hetero) is 1. The fraction of sp³-hybridized carbons (Fsp3) is 0.0909. The van der Waals surface area contributed by atoms with Gasteiger partial charge in [0.05, 0.1) is 6.54 Å². The highest BCUT2D eigenvalue weighted by Gasteiger charge is 2.07. The molecule has 0 spiro atoms. The number of fused-ring (bicyclic) bond motifs is 1. The Hall–Kier alpha value is -1.94. The average Bonchev–Trinajstić information content (AvgIpc) is 2.28. The van der Waals surface area contributed by atoms with E-state index in [2.05, 4.69) is 4.98 Å². The summed E-state index contributed by atoms with van der Waals surface area (Å²) in [6.07, 6.45) is 0. The third-order valence-electron chi connectivity index (χ3n) is 2.17. The van der Waals surface area contributed by atoms with E-state index in [0.29, 0.717) is 5.52 Å². The van der Waals surface area contributed by atoms with Crippen LogP contribution in [0.5, 0.6) is 5.75 Å². The fourth-order valence-corrected chi connectivity index (χ4v) is 1.39. The summed E-state index contributed by atoms with van der Waals surface area (Å²) in [4.78, 5) is 15.4. The number of carbonyl (C=O) groups is 1. The van der Waals surface area contributed by atoms with Crippen molar-refractivity contribution in [3.8, 4) is 5.75 Å². The molecule has 76 valence electrons. The van der Waals surface area contributed by atoms with Gasteiger partial charge in [0, 0.05) is 5.39 Å². The third-order valence-corrected chi connectivity index (χ3v) is 2.17. The summed E-state index contributed by atoms with van der Waals surface area (Å²) in [5.74, 6) is -0.167. The van der Waals surface area contributed by atoms with Crippen molar-refractivity contribution < 1.29 is 9.90 Å². The van der Waals surface area contributed by atoms with E-state index < -0.39 is 0 Å². The van der Waals surface area contributed by atoms with Gasteiger partial charge in [0.25, 0.3) is 0 Å². The van der Waals surface area contributed by atoms with Gasteiger partial charge in [-0.1, -0.05) is 18.2 Å². The molecule has 1 aromatic carbocycles. The maximum absolute atomic E-state index is 11.3. The standard InChI is InChI=1S/C11H10N2O2/c12-6-10(15)8-5-4-7-2-1-3-9(14)11(7)13-8/h1-5,14H,6,12H2. The Morgan fingerprint density at radius 3 is 2.87 bits per heavy atom.